The molecule has 76 heavy (non-hydrogen) atoms. The highest BCUT2D eigenvalue weighted by molar-refractivity contribution is 7.26. The topological polar surface area (TPSA) is 16.3 Å². The first kappa shape index (κ1) is 44.4. The van der Waals surface area contributed by atoms with Crippen LogP contribution in [-0.4, -0.2) is 9.13 Å². The fraction of sp³-hybridized carbons (Fsp3) is 0.171. The first-order chi connectivity index (χ1) is 37.7. The third-order valence-electron chi connectivity index (χ3n) is 17.3. The molecule has 14 aromatic rings. The van der Waals surface area contributed by atoms with Crippen LogP contribution >= 0.6 is 22.7 Å². The van der Waals surface area contributed by atoms with E-state index in [0.29, 0.717) is 12.1 Å². The number of nitrogens with zero attached hydrogens (tertiary/aromatic N) is 4. The van der Waals surface area contributed by atoms with Gasteiger partial charge in [-0.3, -0.25) is 0 Å². The molecular formula is C70H56N4S2. The largest absolute Gasteiger partial charge is 0.337 e. The summed E-state index contributed by atoms with van der Waals surface area (Å²) < 4.78 is 10.6. The van der Waals surface area contributed by atoms with Gasteiger partial charge in [0.25, 0.3) is 0 Å². The zero-order chi connectivity index (χ0) is 49.8. The zero-order valence-electron chi connectivity index (χ0n) is 42.5. The van der Waals surface area contributed by atoms with Gasteiger partial charge < -0.3 is 18.9 Å². The molecule has 0 amide bonds. The highest BCUT2D eigenvalue weighted by Gasteiger charge is 2.25. The molecule has 0 atom stereocenters. The molecule has 0 spiro atoms. The predicted octanol–water partition coefficient (Wildman–Crippen LogP) is 21.7. The monoisotopic (exact) mass is 1020 g/mol. The van der Waals surface area contributed by atoms with Crippen molar-refractivity contribution in [2.24, 2.45) is 0 Å². The molecule has 6 heteroatoms. The van der Waals surface area contributed by atoms with Crippen molar-refractivity contribution in [1.82, 2.24) is 9.13 Å². The summed E-state index contributed by atoms with van der Waals surface area (Å²) in [5.41, 5.74) is 12.5. The van der Waals surface area contributed by atoms with Gasteiger partial charge in [0, 0.05) is 119 Å². The van der Waals surface area contributed by atoms with Crippen molar-refractivity contribution < 1.29 is 0 Å². The molecule has 2 fully saturated rings. The number of hydrogen-bond acceptors (Lipinski definition) is 4. The van der Waals surface area contributed by atoms with E-state index in [1.54, 1.807) is 0 Å². The molecule has 4 heterocycles. The normalized spacial score (nSPS) is 15.0. The number of hydrogen-bond donors (Lipinski definition) is 0. The molecule has 2 aliphatic carbocycles. The lowest BCUT2D eigenvalue weighted by atomic mass is 9.95. The minimum Gasteiger partial charge on any atom is -0.337 e. The molecule has 0 saturated heterocycles. The van der Waals surface area contributed by atoms with Crippen LogP contribution in [0, 0.1) is 0 Å². The van der Waals surface area contributed by atoms with E-state index in [2.05, 4.69) is 225 Å². The lowest BCUT2D eigenvalue weighted by Gasteiger charge is -2.27. The summed E-state index contributed by atoms with van der Waals surface area (Å²) in [5.74, 6) is 0. The second-order valence-corrected chi connectivity index (χ2v) is 23.9. The second kappa shape index (κ2) is 17.9. The Bertz CT molecular complexity index is 4270. The average molecular weight is 1020 g/mol. The Hall–Kier alpha value is -7.90. The van der Waals surface area contributed by atoms with Crippen LogP contribution in [0.2, 0.25) is 0 Å². The number of fused-ring (bicyclic) bond motifs is 13. The van der Waals surface area contributed by atoms with Gasteiger partial charge in [-0.1, -0.05) is 136 Å². The Morgan fingerprint density at radius 2 is 0.632 bits per heavy atom. The van der Waals surface area contributed by atoms with E-state index in [-0.39, 0.29) is 0 Å². The number of rotatable bonds is 8. The summed E-state index contributed by atoms with van der Waals surface area (Å²) in [6, 6.07) is 79.4. The van der Waals surface area contributed by atoms with Crippen LogP contribution in [0.5, 0.6) is 0 Å². The summed E-state index contributed by atoms with van der Waals surface area (Å²) >= 11 is 3.82. The Morgan fingerprint density at radius 3 is 1.07 bits per heavy atom. The molecule has 4 nitrogen and oxygen atoms in total. The number of anilines is 6. The lowest BCUT2D eigenvalue weighted by molar-refractivity contribution is 0.367. The smallest absolute Gasteiger partial charge is 0.0515 e. The van der Waals surface area contributed by atoms with Gasteiger partial charge in [-0.15, -0.1) is 22.7 Å². The highest BCUT2D eigenvalue weighted by atomic mass is 32.1. The summed E-state index contributed by atoms with van der Waals surface area (Å²) in [5, 5.41) is 13.2. The molecule has 0 unspecified atom stereocenters. The highest BCUT2D eigenvalue weighted by Crippen LogP contribution is 2.48. The average Bonchev–Trinajstić information content (AvgIpc) is 4.23. The summed E-state index contributed by atoms with van der Waals surface area (Å²) in [7, 11) is 0. The molecule has 4 aromatic heterocycles. The van der Waals surface area contributed by atoms with Gasteiger partial charge >= 0.3 is 0 Å². The van der Waals surface area contributed by atoms with Gasteiger partial charge in [0.05, 0.1) is 11.0 Å². The Labute approximate surface area is 450 Å². The first-order valence-corrected chi connectivity index (χ1v) is 29.3. The van der Waals surface area contributed by atoms with Crippen LogP contribution in [0.3, 0.4) is 0 Å². The Kier molecular flexibility index (Phi) is 10.4. The maximum atomic E-state index is 2.68. The van der Waals surface area contributed by atoms with Crippen molar-refractivity contribution in [2.75, 3.05) is 9.80 Å². The SMILES string of the molecule is c1ccc(N(c2ccc3c(c2)sc2cc4cc5c(cc4cc23)sc2cc(N(c3ccccc3)c3ccc4c6ccccc6n(C6CCCCC6)c4c3)ccc25)c2ccc3c4ccccc4n(C4CCCCC4)c3c2)cc1. The van der Waals surface area contributed by atoms with Crippen LogP contribution in [-0.2, 0) is 0 Å². The van der Waals surface area contributed by atoms with Crippen LogP contribution in [0.4, 0.5) is 34.1 Å². The summed E-state index contributed by atoms with van der Waals surface area (Å²) in [6.07, 6.45) is 12.9. The van der Waals surface area contributed by atoms with Crippen molar-refractivity contribution in [3.63, 3.8) is 0 Å². The number of benzene rings is 10. The fourth-order valence-corrected chi connectivity index (χ4v) is 16.2. The first-order valence-electron chi connectivity index (χ1n) is 27.7. The van der Waals surface area contributed by atoms with Crippen molar-refractivity contribution in [2.45, 2.75) is 76.3 Å². The number of aromatic nitrogens is 2. The Morgan fingerprint density at radius 1 is 0.276 bits per heavy atom. The maximum Gasteiger partial charge on any atom is 0.0515 e. The van der Waals surface area contributed by atoms with Gasteiger partial charge in [0.15, 0.2) is 0 Å². The quantitative estimate of drug-likeness (QED) is 0.151. The molecule has 0 aliphatic heterocycles. The molecule has 0 radical (unpaired) electrons. The van der Waals surface area contributed by atoms with E-state index >= 15 is 0 Å². The van der Waals surface area contributed by atoms with E-state index in [4.69, 9.17) is 0 Å². The molecule has 2 saturated carbocycles. The van der Waals surface area contributed by atoms with E-state index in [9.17, 15) is 0 Å². The number of para-hydroxylation sites is 4. The zero-order valence-corrected chi connectivity index (χ0v) is 44.1. The van der Waals surface area contributed by atoms with Gasteiger partial charge in [0.2, 0.25) is 0 Å². The molecule has 2 aliphatic rings. The standard InChI is InChI=1S/C70H56N4S2/c1-5-17-47(18-6-1)71(51-29-33-57-55-25-13-15-27-63(55)73(65(57)41-51)49-21-9-3-10-22-49)53-31-35-59-61-37-45-40-68-62(38-46(45)39-67(61)75-69(59)43-53)60-36-32-54(44-70(60)76-68)72(48-19-7-2-8-20-48)52-30-34-58-56-26-14-16-28-64(56)74(66(58)42-52)50-23-11-4-12-24-50/h1-2,5-8,13-20,25-44,49-50H,3-4,9-12,21-24H2. The van der Waals surface area contributed by atoms with E-state index in [1.165, 1.54) is 182 Å². The van der Waals surface area contributed by atoms with Crippen LogP contribution in [0.25, 0.3) is 94.7 Å². The van der Waals surface area contributed by atoms with Gasteiger partial charge in [0.1, 0.15) is 0 Å². The van der Waals surface area contributed by atoms with Crippen LogP contribution in [0.1, 0.15) is 76.3 Å². The lowest BCUT2D eigenvalue weighted by Crippen LogP contribution is -2.13. The van der Waals surface area contributed by atoms with Gasteiger partial charge in [-0.25, -0.2) is 0 Å². The van der Waals surface area contributed by atoms with Crippen molar-refractivity contribution in [3.05, 3.63) is 206 Å². The molecule has 368 valence electrons. The number of thiophene rings is 2. The molecular weight excluding hydrogens is 961 g/mol. The van der Waals surface area contributed by atoms with Gasteiger partial charge in [-0.05, 0) is 146 Å². The third kappa shape index (κ3) is 7.14. The van der Waals surface area contributed by atoms with E-state index < -0.39 is 0 Å². The minimum atomic E-state index is 0.527. The minimum absolute atomic E-state index is 0.527. The van der Waals surface area contributed by atoms with E-state index in [0.717, 1.165) is 11.4 Å². The van der Waals surface area contributed by atoms with Gasteiger partial charge in [-0.2, -0.15) is 0 Å². The predicted molar refractivity (Wildman–Crippen MR) is 329 cm³/mol. The molecule has 10 aromatic carbocycles. The molecule has 0 N–H and O–H groups in total. The summed E-state index contributed by atoms with van der Waals surface area (Å²) in [6.45, 7) is 0. The fourth-order valence-electron chi connectivity index (χ4n) is 13.8. The van der Waals surface area contributed by atoms with E-state index in [1.807, 2.05) is 22.7 Å². The molecule has 16 rings (SSSR count). The summed E-state index contributed by atoms with van der Waals surface area (Å²) in [4.78, 5) is 4.92. The third-order valence-corrected chi connectivity index (χ3v) is 19.5. The van der Waals surface area contributed by atoms with Crippen molar-refractivity contribution in [3.8, 4) is 0 Å². The van der Waals surface area contributed by atoms with Crippen LogP contribution in [0.15, 0.2) is 206 Å². The Balaban J connectivity index is 0.782. The van der Waals surface area contributed by atoms with Crippen LogP contribution < -0.4 is 9.80 Å². The second-order valence-electron chi connectivity index (χ2n) is 21.7. The van der Waals surface area contributed by atoms with Crippen molar-refractivity contribution >= 4 is 152 Å². The molecule has 0 bridgehead atoms. The maximum absolute atomic E-state index is 2.68. The van der Waals surface area contributed by atoms with Crippen molar-refractivity contribution in [1.29, 1.82) is 0 Å².